The van der Waals surface area contributed by atoms with Gasteiger partial charge < -0.3 is 25.3 Å². The van der Waals surface area contributed by atoms with Gasteiger partial charge in [0.1, 0.15) is 16.8 Å². The van der Waals surface area contributed by atoms with Crippen molar-refractivity contribution in [2.75, 3.05) is 19.0 Å². The third-order valence-electron chi connectivity index (χ3n) is 8.72. The van der Waals surface area contributed by atoms with Gasteiger partial charge in [0, 0.05) is 23.9 Å². The van der Waals surface area contributed by atoms with Gasteiger partial charge in [0.15, 0.2) is 0 Å². The molecule has 2 aliphatic carbocycles. The van der Waals surface area contributed by atoms with Crippen molar-refractivity contribution in [1.29, 1.82) is 0 Å². The number of methoxy groups -OCH3 is 1. The molecule has 2 aromatic rings. The van der Waals surface area contributed by atoms with Gasteiger partial charge in [-0.2, -0.15) is 8.42 Å². The lowest BCUT2D eigenvalue weighted by atomic mass is 9.87. The predicted molar refractivity (Wildman–Crippen MR) is 149 cm³/mol. The van der Waals surface area contributed by atoms with E-state index in [1.807, 2.05) is 19.9 Å². The Kier molecular flexibility index (Phi) is 6.47. The number of rotatable bonds is 5. The summed E-state index contributed by atoms with van der Waals surface area (Å²) in [5.41, 5.74) is 3.81. The zero-order valence-corrected chi connectivity index (χ0v) is 23.5. The van der Waals surface area contributed by atoms with Crippen LogP contribution >= 0.6 is 0 Å². The Morgan fingerprint density at radius 2 is 1.90 bits per heavy atom. The molecule has 2 bridgehead atoms. The normalized spacial score (nSPS) is 24.6. The number of nitrogens with zero attached hydrogens (tertiary/aromatic N) is 2. The second kappa shape index (κ2) is 9.76. The zero-order valence-electron chi connectivity index (χ0n) is 22.7. The van der Waals surface area contributed by atoms with Crippen LogP contribution in [0.3, 0.4) is 0 Å². The molecule has 212 valence electrons. The van der Waals surface area contributed by atoms with E-state index in [4.69, 9.17) is 0 Å². The molecular formula is C28H33N5O6S. The number of alkyl carbamates (subject to hydrolysis) is 1. The highest BCUT2D eigenvalue weighted by Gasteiger charge is 2.42. The number of sulfonamides is 1. The molecule has 11 nitrogen and oxygen atoms in total. The van der Waals surface area contributed by atoms with E-state index >= 15 is 0 Å². The summed E-state index contributed by atoms with van der Waals surface area (Å²) >= 11 is 0. The van der Waals surface area contributed by atoms with Crippen molar-refractivity contribution in [3.05, 3.63) is 45.9 Å². The fourth-order valence-corrected chi connectivity index (χ4v) is 8.03. The third kappa shape index (κ3) is 4.29. The first-order valence-corrected chi connectivity index (χ1v) is 15.2. The van der Waals surface area contributed by atoms with Crippen molar-refractivity contribution in [2.45, 2.75) is 74.8 Å². The van der Waals surface area contributed by atoms with Gasteiger partial charge in [-0.15, -0.1) is 4.40 Å². The van der Waals surface area contributed by atoms with Crippen molar-refractivity contribution < 1.29 is 22.7 Å². The van der Waals surface area contributed by atoms with Crippen molar-refractivity contribution in [2.24, 2.45) is 10.3 Å². The average molecular weight is 568 g/mol. The van der Waals surface area contributed by atoms with Crippen LogP contribution < -0.4 is 16.2 Å². The van der Waals surface area contributed by atoms with Crippen LogP contribution in [-0.2, 0) is 19.6 Å². The number of hydrogen-bond donors (Lipinski definition) is 3. The Hall–Kier alpha value is -3.67. The number of likely N-dealkylation sites (tertiary alicyclic amines) is 1. The Labute approximate surface area is 232 Å². The summed E-state index contributed by atoms with van der Waals surface area (Å²) in [6, 6.07) is 3.80. The van der Waals surface area contributed by atoms with Crippen LogP contribution in [0, 0.1) is 5.92 Å². The number of ether oxygens (including phenoxy) is 1. The standard InChI is InChI=1S/C28H33N5O6S/c1-14(2)24(31-28(36)39-3)27(35)33-10-4-5-20(33)25-30-19-9-8-15(12-21(19)40(37,38)32-25)18-13-29-26(34)23-17-7-6-16(11-17)22(18)23/h8-9,12-14,16-17,20,24H,4-7,10-11H2,1-3H3,(H,29,34)(H,30,32)(H,31,36)/t16?,17?,20-,24-/m0/s1. The van der Waals surface area contributed by atoms with Crippen LogP contribution in [0.5, 0.6) is 0 Å². The number of aromatic amines is 1. The van der Waals surface area contributed by atoms with Gasteiger partial charge in [-0.1, -0.05) is 19.9 Å². The summed E-state index contributed by atoms with van der Waals surface area (Å²) in [6.07, 6.45) is 5.22. The minimum atomic E-state index is -4.07. The first-order valence-electron chi connectivity index (χ1n) is 13.8. The highest BCUT2D eigenvalue weighted by molar-refractivity contribution is 7.90. The summed E-state index contributed by atoms with van der Waals surface area (Å²) < 4.78 is 35.8. The van der Waals surface area contributed by atoms with Crippen LogP contribution in [0.2, 0.25) is 0 Å². The summed E-state index contributed by atoms with van der Waals surface area (Å²) in [4.78, 5) is 42.4. The van der Waals surface area contributed by atoms with E-state index in [0.29, 0.717) is 36.6 Å². The zero-order chi connectivity index (χ0) is 28.3. The number of anilines is 1. The van der Waals surface area contributed by atoms with E-state index < -0.39 is 28.2 Å². The minimum absolute atomic E-state index is 0.0513. The molecule has 4 atom stereocenters. The summed E-state index contributed by atoms with van der Waals surface area (Å²) in [5.74, 6) is 0.263. The van der Waals surface area contributed by atoms with Crippen molar-refractivity contribution in [1.82, 2.24) is 15.2 Å². The maximum absolute atomic E-state index is 13.5. The molecule has 2 unspecified atom stereocenters. The Morgan fingerprint density at radius 1 is 1.15 bits per heavy atom. The third-order valence-corrected chi connectivity index (χ3v) is 10.0. The van der Waals surface area contributed by atoms with Crippen molar-refractivity contribution in [3.63, 3.8) is 0 Å². The molecule has 3 N–H and O–H groups in total. The first-order chi connectivity index (χ1) is 19.1. The molecule has 12 heteroatoms. The largest absolute Gasteiger partial charge is 0.453 e. The van der Waals surface area contributed by atoms with Gasteiger partial charge in [-0.25, -0.2) is 4.79 Å². The van der Waals surface area contributed by atoms with E-state index in [-0.39, 0.29) is 34.0 Å². The smallest absolute Gasteiger partial charge is 0.407 e. The number of amidine groups is 1. The number of fused-ring (bicyclic) bond motifs is 6. The van der Waals surface area contributed by atoms with Gasteiger partial charge in [0.2, 0.25) is 5.91 Å². The molecule has 40 heavy (non-hydrogen) atoms. The number of benzene rings is 1. The summed E-state index contributed by atoms with van der Waals surface area (Å²) in [7, 11) is -2.84. The maximum atomic E-state index is 13.5. The fourth-order valence-electron chi connectivity index (χ4n) is 6.83. The molecule has 1 aromatic carbocycles. The summed E-state index contributed by atoms with van der Waals surface area (Å²) in [6.45, 7) is 4.06. The molecular weight excluding hydrogens is 534 g/mol. The molecule has 6 rings (SSSR count). The van der Waals surface area contributed by atoms with Crippen LogP contribution in [0.15, 0.2) is 38.5 Å². The van der Waals surface area contributed by atoms with Gasteiger partial charge >= 0.3 is 6.09 Å². The highest BCUT2D eigenvalue weighted by Crippen LogP contribution is 2.54. The molecule has 0 spiro atoms. The van der Waals surface area contributed by atoms with Crippen molar-refractivity contribution in [3.8, 4) is 11.1 Å². The fraction of sp³-hybridized carbons (Fsp3) is 0.500. The number of carbonyl (C=O) groups is 2. The molecule has 2 fully saturated rings. The molecule has 0 radical (unpaired) electrons. The quantitative estimate of drug-likeness (QED) is 0.502. The van der Waals surface area contributed by atoms with Crippen LogP contribution in [0.25, 0.3) is 11.1 Å². The van der Waals surface area contributed by atoms with Crippen molar-refractivity contribution >= 4 is 33.5 Å². The first kappa shape index (κ1) is 26.5. The Bertz CT molecular complexity index is 1600. The van der Waals surface area contributed by atoms with E-state index in [0.717, 1.165) is 36.0 Å². The highest BCUT2D eigenvalue weighted by atomic mass is 32.2. The Morgan fingerprint density at radius 3 is 2.62 bits per heavy atom. The van der Waals surface area contributed by atoms with E-state index in [1.54, 1.807) is 23.2 Å². The number of amides is 2. The maximum Gasteiger partial charge on any atom is 0.407 e. The van der Waals surface area contributed by atoms with E-state index in [9.17, 15) is 22.8 Å². The monoisotopic (exact) mass is 567 g/mol. The summed E-state index contributed by atoms with van der Waals surface area (Å²) in [5, 5.41) is 5.77. The topological polar surface area (TPSA) is 150 Å². The number of H-pyrrole nitrogens is 1. The van der Waals surface area contributed by atoms with Gasteiger partial charge in [0.05, 0.1) is 18.8 Å². The number of aromatic nitrogens is 1. The number of carbonyl (C=O) groups excluding carboxylic acids is 2. The van der Waals surface area contributed by atoms with Crippen LogP contribution in [0.1, 0.15) is 68.9 Å². The molecule has 1 saturated carbocycles. The lowest BCUT2D eigenvalue weighted by Crippen LogP contribution is -2.54. The number of nitrogens with one attached hydrogen (secondary N) is 3. The molecule has 1 saturated heterocycles. The molecule has 2 aliphatic heterocycles. The lowest BCUT2D eigenvalue weighted by Gasteiger charge is -2.32. The molecule has 1 aromatic heterocycles. The predicted octanol–water partition coefficient (Wildman–Crippen LogP) is 3.29. The molecule has 4 aliphatic rings. The number of hydrogen-bond acceptors (Lipinski definition) is 7. The lowest BCUT2D eigenvalue weighted by molar-refractivity contribution is -0.134. The van der Waals surface area contributed by atoms with Crippen LogP contribution in [0.4, 0.5) is 10.5 Å². The number of pyridine rings is 1. The second-order valence-electron chi connectivity index (χ2n) is 11.4. The molecule has 2 amide bonds. The van der Waals surface area contributed by atoms with Gasteiger partial charge in [-0.3, -0.25) is 9.59 Å². The van der Waals surface area contributed by atoms with Crippen LogP contribution in [-0.4, -0.2) is 61.9 Å². The van der Waals surface area contributed by atoms with E-state index in [2.05, 4.69) is 24.8 Å². The second-order valence-corrected chi connectivity index (χ2v) is 13.0. The minimum Gasteiger partial charge on any atom is -0.453 e. The van der Waals surface area contributed by atoms with Gasteiger partial charge in [-0.05, 0) is 73.1 Å². The Balaban J connectivity index is 1.31. The van der Waals surface area contributed by atoms with Gasteiger partial charge in [0.25, 0.3) is 15.6 Å². The SMILES string of the molecule is COC(=O)N[C@H](C(=O)N1CCC[C@H]1C1=NS(=O)(=O)c2cc(-c3c[nH]c(=O)c4c3C3CCC4C3)ccc2N1)C(C)C. The average Bonchev–Trinajstić information content (AvgIpc) is 3.68. The molecule has 3 heterocycles. The van der Waals surface area contributed by atoms with E-state index in [1.165, 1.54) is 7.11 Å².